The van der Waals surface area contributed by atoms with Gasteiger partial charge in [0, 0.05) is 37.3 Å². The summed E-state index contributed by atoms with van der Waals surface area (Å²) in [5.74, 6) is -0.782. The highest BCUT2D eigenvalue weighted by Gasteiger charge is 2.42. The van der Waals surface area contributed by atoms with Crippen LogP contribution >= 0.6 is 0 Å². The predicted octanol–water partition coefficient (Wildman–Crippen LogP) is 2.87. The maximum absolute atomic E-state index is 13.7. The van der Waals surface area contributed by atoms with E-state index in [2.05, 4.69) is 10.6 Å². The van der Waals surface area contributed by atoms with Gasteiger partial charge in [0.2, 0.25) is 12.3 Å². The summed E-state index contributed by atoms with van der Waals surface area (Å²) >= 11 is 0. The molecule has 1 aromatic rings. The molecule has 1 aromatic carbocycles. The van der Waals surface area contributed by atoms with E-state index in [1.165, 1.54) is 4.90 Å². The number of rotatable bonds is 8. The number of hydrogen-bond acceptors (Lipinski definition) is 5. The van der Waals surface area contributed by atoms with E-state index in [1.54, 1.807) is 26.0 Å². The van der Waals surface area contributed by atoms with Crippen LogP contribution in [0.4, 0.5) is 14.5 Å². The molecule has 2 N–H and O–H groups in total. The molecule has 0 radical (unpaired) electrons. The van der Waals surface area contributed by atoms with Crippen molar-refractivity contribution in [3.63, 3.8) is 0 Å². The summed E-state index contributed by atoms with van der Waals surface area (Å²) < 4.78 is 30.9. The van der Waals surface area contributed by atoms with Gasteiger partial charge in [-0.2, -0.15) is 0 Å². The van der Waals surface area contributed by atoms with Gasteiger partial charge in [-0.05, 0) is 71.7 Å². The molecule has 3 amide bonds. The average Bonchev–Trinajstić information content (AvgIpc) is 2.76. The Balaban J connectivity index is 1.91. The Labute approximate surface area is 205 Å². The molecule has 2 aliphatic heterocycles. The van der Waals surface area contributed by atoms with Gasteiger partial charge in [0.05, 0.1) is 12.1 Å². The standard InChI is InChI=1S/C25H36F2N4O4/c1-15(2)31(17-7-6-8-28-14-17)23(33)18-12-19-20(11-16(18)3)35-25(4,5)24(34)30(19)10-9-29-22(32)13-21(26)27/h11-12,15,17,21,28H,6-10,13-14H2,1-5H3,(H,29,32)/t17-/m1/s1. The minimum Gasteiger partial charge on any atom is -0.476 e. The maximum atomic E-state index is 13.7. The number of alkyl halides is 2. The van der Waals surface area contributed by atoms with Gasteiger partial charge < -0.3 is 25.2 Å². The van der Waals surface area contributed by atoms with E-state index in [-0.39, 0.29) is 37.0 Å². The SMILES string of the molecule is Cc1cc2c(cc1C(=O)N(C(C)C)[C@@H]1CCCNC1)N(CCNC(=O)CC(F)F)C(=O)C(C)(C)O2. The second-order valence-corrected chi connectivity index (χ2v) is 9.96. The second kappa shape index (κ2) is 10.9. The number of ether oxygens (including phenoxy) is 1. The highest BCUT2D eigenvalue weighted by molar-refractivity contribution is 6.05. The van der Waals surface area contributed by atoms with Crippen molar-refractivity contribution in [2.75, 3.05) is 31.1 Å². The molecule has 0 saturated carbocycles. The lowest BCUT2D eigenvalue weighted by Gasteiger charge is -2.40. The van der Waals surface area contributed by atoms with Gasteiger partial charge in [-0.3, -0.25) is 14.4 Å². The second-order valence-electron chi connectivity index (χ2n) is 9.96. The third-order valence-electron chi connectivity index (χ3n) is 6.40. The number of anilines is 1. The van der Waals surface area contributed by atoms with Crippen LogP contribution < -0.4 is 20.3 Å². The Morgan fingerprint density at radius 2 is 2.03 bits per heavy atom. The minimum atomic E-state index is -2.74. The van der Waals surface area contributed by atoms with Crippen LogP contribution in [0, 0.1) is 6.92 Å². The van der Waals surface area contributed by atoms with Gasteiger partial charge in [0.25, 0.3) is 11.8 Å². The van der Waals surface area contributed by atoms with Crippen molar-refractivity contribution >= 4 is 23.4 Å². The van der Waals surface area contributed by atoms with Crippen molar-refractivity contribution in [2.45, 2.75) is 78.0 Å². The molecule has 0 aromatic heterocycles. The zero-order valence-corrected chi connectivity index (χ0v) is 21.1. The summed E-state index contributed by atoms with van der Waals surface area (Å²) in [7, 11) is 0. The van der Waals surface area contributed by atoms with E-state index in [9.17, 15) is 23.2 Å². The normalized spacial score (nSPS) is 19.4. The van der Waals surface area contributed by atoms with Crippen molar-refractivity contribution in [1.82, 2.24) is 15.5 Å². The molecular weight excluding hydrogens is 458 g/mol. The van der Waals surface area contributed by atoms with E-state index in [0.29, 0.717) is 17.0 Å². The number of halogens is 2. The van der Waals surface area contributed by atoms with Crippen LogP contribution in [0.5, 0.6) is 5.75 Å². The summed E-state index contributed by atoms with van der Waals surface area (Å²) in [6.07, 6.45) is -1.72. The van der Waals surface area contributed by atoms with Gasteiger partial charge >= 0.3 is 0 Å². The number of amides is 3. The van der Waals surface area contributed by atoms with Crippen LogP contribution in [0.1, 0.15) is 62.9 Å². The first-order valence-corrected chi connectivity index (χ1v) is 12.2. The fraction of sp³-hybridized carbons (Fsp3) is 0.640. The maximum Gasteiger partial charge on any atom is 0.270 e. The first-order valence-electron chi connectivity index (χ1n) is 12.2. The van der Waals surface area contributed by atoms with Crippen LogP contribution in [0.25, 0.3) is 0 Å². The number of carbonyl (C=O) groups is 3. The lowest BCUT2D eigenvalue weighted by molar-refractivity contribution is -0.133. The molecule has 8 nitrogen and oxygen atoms in total. The summed E-state index contributed by atoms with van der Waals surface area (Å²) in [5, 5.41) is 5.79. The molecule has 2 heterocycles. The van der Waals surface area contributed by atoms with Crippen LogP contribution in [-0.4, -0.2) is 72.9 Å². The van der Waals surface area contributed by atoms with Crippen LogP contribution in [-0.2, 0) is 9.59 Å². The average molecular weight is 495 g/mol. The number of piperidine rings is 1. The Morgan fingerprint density at radius 3 is 2.63 bits per heavy atom. The number of fused-ring (bicyclic) bond motifs is 1. The lowest BCUT2D eigenvalue weighted by Crippen LogP contribution is -2.54. The number of nitrogens with one attached hydrogen (secondary N) is 2. The molecular formula is C25H36F2N4O4. The lowest BCUT2D eigenvalue weighted by atomic mass is 9.97. The van der Waals surface area contributed by atoms with Gasteiger partial charge in [0.1, 0.15) is 5.75 Å². The smallest absolute Gasteiger partial charge is 0.270 e. The monoisotopic (exact) mass is 494 g/mol. The molecule has 0 bridgehead atoms. The number of carbonyl (C=O) groups excluding carboxylic acids is 3. The van der Waals surface area contributed by atoms with Crippen molar-refractivity contribution in [3.8, 4) is 5.75 Å². The molecule has 1 atom stereocenters. The zero-order chi connectivity index (χ0) is 25.9. The van der Waals surface area contributed by atoms with Crippen LogP contribution in [0.2, 0.25) is 0 Å². The largest absolute Gasteiger partial charge is 0.476 e. The Bertz CT molecular complexity index is 961. The fourth-order valence-electron chi connectivity index (χ4n) is 4.72. The van der Waals surface area contributed by atoms with Gasteiger partial charge in [-0.1, -0.05) is 0 Å². The fourth-order valence-corrected chi connectivity index (χ4v) is 4.72. The number of nitrogens with zero attached hydrogens (tertiary/aromatic N) is 2. The highest BCUT2D eigenvalue weighted by atomic mass is 19.3. The van der Waals surface area contributed by atoms with E-state index < -0.39 is 24.4 Å². The third-order valence-corrected chi connectivity index (χ3v) is 6.40. The first-order chi connectivity index (χ1) is 16.4. The van der Waals surface area contributed by atoms with Crippen molar-refractivity contribution < 1.29 is 27.9 Å². The molecule has 0 spiro atoms. The molecule has 10 heteroatoms. The zero-order valence-electron chi connectivity index (χ0n) is 21.1. The topological polar surface area (TPSA) is 91.0 Å². The molecule has 1 fully saturated rings. The first kappa shape index (κ1) is 26.8. The van der Waals surface area contributed by atoms with E-state index in [0.717, 1.165) is 31.5 Å². The van der Waals surface area contributed by atoms with Crippen LogP contribution in [0.3, 0.4) is 0 Å². The van der Waals surface area contributed by atoms with E-state index >= 15 is 0 Å². The van der Waals surface area contributed by atoms with Crippen LogP contribution in [0.15, 0.2) is 12.1 Å². The molecule has 3 rings (SSSR count). The summed E-state index contributed by atoms with van der Waals surface area (Å²) in [5.41, 5.74) is 0.483. The van der Waals surface area contributed by atoms with E-state index in [1.807, 2.05) is 25.7 Å². The Morgan fingerprint density at radius 1 is 1.31 bits per heavy atom. The van der Waals surface area contributed by atoms with Crippen molar-refractivity contribution in [1.29, 1.82) is 0 Å². The molecule has 35 heavy (non-hydrogen) atoms. The minimum absolute atomic E-state index is 0.00413. The number of hydrogen-bond donors (Lipinski definition) is 2. The molecule has 1 saturated heterocycles. The van der Waals surface area contributed by atoms with Gasteiger partial charge in [-0.15, -0.1) is 0 Å². The van der Waals surface area contributed by atoms with Crippen molar-refractivity contribution in [2.24, 2.45) is 0 Å². The number of benzene rings is 1. The molecule has 2 aliphatic rings. The van der Waals surface area contributed by atoms with Gasteiger partial charge in [-0.25, -0.2) is 8.78 Å². The quantitative estimate of drug-likeness (QED) is 0.580. The van der Waals surface area contributed by atoms with Gasteiger partial charge in [0.15, 0.2) is 5.60 Å². The van der Waals surface area contributed by atoms with Crippen molar-refractivity contribution in [3.05, 3.63) is 23.3 Å². The Kier molecular flexibility index (Phi) is 8.35. The number of aryl methyl sites for hydroxylation is 1. The highest BCUT2D eigenvalue weighted by Crippen LogP contribution is 2.40. The molecule has 0 aliphatic carbocycles. The summed E-state index contributed by atoms with van der Waals surface area (Å²) in [6.45, 7) is 10.8. The summed E-state index contributed by atoms with van der Waals surface area (Å²) in [6, 6.07) is 3.49. The molecule has 194 valence electrons. The van der Waals surface area contributed by atoms with E-state index in [4.69, 9.17) is 4.74 Å². The Hall–Kier alpha value is -2.75. The summed E-state index contributed by atoms with van der Waals surface area (Å²) in [4.78, 5) is 41.9. The predicted molar refractivity (Wildman–Crippen MR) is 129 cm³/mol. The third kappa shape index (κ3) is 6.09. The molecule has 0 unspecified atom stereocenters.